The summed E-state index contributed by atoms with van der Waals surface area (Å²) in [4.78, 5) is 21.5. The van der Waals surface area contributed by atoms with E-state index < -0.39 is 11.4 Å². The van der Waals surface area contributed by atoms with Crippen LogP contribution in [0.1, 0.15) is 45.4 Å². The SMILES string of the molecule is C[C@@](CC(=O)O)(C[N+](=O)[O-])[C@H]1CC[C@H]2CCCC21. The number of hydrogen-bond acceptors (Lipinski definition) is 3. The maximum absolute atomic E-state index is 11.0. The van der Waals surface area contributed by atoms with Gasteiger partial charge in [-0.3, -0.25) is 14.9 Å². The third-order valence-corrected chi connectivity index (χ3v) is 5.02. The summed E-state index contributed by atoms with van der Waals surface area (Å²) in [5.74, 6) is 0.511. The van der Waals surface area contributed by atoms with Crippen LogP contribution in [0.5, 0.6) is 0 Å². The van der Waals surface area contributed by atoms with Crippen molar-refractivity contribution in [3.63, 3.8) is 0 Å². The van der Waals surface area contributed by atoms with Crippen molar-refractivity contribution in [3.8, 4) is 0 Å². The maximum Gasteiger partial charge on any atom is 0.304 e. The van der Waals surface area contributed by atoms with Gasteiger partial charge in [0.1, 0.15) is 0 Å². The Kier molecular flexibility index (Phi) is 3.59. The largest absolute Gasteiger partial charge is 0.481 e. The van der Waals surface area contributed by atoms with Crippen LogP contribution in [-0.2, 0) is 4.79 Å². The van der Waals surface area contributed by atoms with E-state index in [0.29, 0.717) is 11.8 Å². The van der Waals surface area contributed by atoms with Gasteiger partial charge in [-0.25, -0.2) is 0 Å². The standard InChI is InChI=1S/C13H21NO4/c1-13(7-12(15)16,8-14(17)18)11-6-5-9-3-2-4-10(9)11/h9-11H,2-8H2,1H3,(H,15,16)/t9-,10?,11+,13-/m1/s1. The molecule has 0 amide bonds. The minimum atomic E-state index is -0.916. The molecule has 0 spiro atoms. The zero-order chi connectivity index (χ0) is 13.3. The molecule has 2 saturated carbocycles. The summed E-state index contributed by atoms with van der Waals surface area (Å²) in [6, 6.07) is 0. The van der Waals surface area contributed by atoms with Crippen molar-refractivity contribution in [2.75, 3.05) is 6.54 Å². The second kappa shape index (κ2) is 4.86. The van der Waals surface area contributed by atoms with Gasteiger partial charge in [-0.2, -0.15) is 0 Å². The van der Waals surface area contributed by atoms with Crippen molar-refractivity contribution in [1.82, 2.24) is 0 Å². The van der Waals surface area contributed by atoms with Gasteiger partial charge in [0.05, 0.1) is 6.42 Å². The number of rotatable bonds is 5. The first-order valence-corrected chi connectivity index (χ1v) is 6.76. The van der Waals surface area contributed by atoms with Crippen molar-refractivity contribution in [3.05, 3.63) is 10.1 Å². The molecule has 5 nitrogen and oxygen atoms in total. The molecule has 2 rings (SSSR count). The smallest absolute Gasteiger partial charge is 0.304 e. The molecule has 1 unspecified atom stereocenters. The Hall–Kier alpha value is -1.13. The van der Waals surface area contributed by atoms with E-state index in [2.05, 4.69) is 0 Å². The van der Waals surface area contributed by atoms with Crippen LogP contribution in [-0.4, -0.2) is 22.5 Å². The van der Waals surface area contributed by atoms with E-state index >= 15 is 0 Å². The fourth-order valence-corrected chi connectivity index (χ4v) is 4.37. The maximum atomic E-state index is 11.0. The number of nitro groups is 1. The molecule has 18 heavy (non-hydrogen) atoms. The Morgan fingerprint density at radius 3 is 2.72 bits per heavy atom. The van der Waals surface area contributed by atoms with Crippen LogP contribution < -0.4 is 0 Å². The van der Waals surface area contributed by atoms with Crippen molar-refractivity contribution in [2.24, 2.45) is 23.2 Å². The molecule has 0 aromatic heterocycles. The van der Waals surface area contributed by atoms with E-state index in [9.17, 15) is 14.9 Å². The lowest BCUT2D eigenvalue weighted by Crippen LogP contribution is -2.38. The summed E-state index contributed by atoms with van der Waals surface area (Å²) in [7, 11) is 0. The summed E-state index contributed by atoms with van der Waals surface area (Å²) in [5.41, 5.74) is -0.681. The van der Waals surface area contributed by atoms with Crippen LogP contribution >= 0.6 is 0 Å². The van der Waals surface area contributed by atoms with E-state index in [-0.39, 0.29) is 23.8 Å². The minimum Gasteiger partial charge on any atom is -0.481 e. The van der Waals surface area contributed by atoms with Gasteiger partial charge in [-0.1, -0.05) is 19.8 Å². The first-order valence-electron chi connectivity index (χ1n) is 6.76. The average molecular weight is 255 g/mol. The number of nitrogens with zero attached hydrogens (tertiary/aromatic N) is 1. The zero-order valence-electron chi connectivity index (χ0n) is 10.8. The third kappa shape index (κ3) is 2.49. The lowest BCUT2D eigenvalue weighted by Gasteiger charge is -2.34. The number of aliphatic carboxylic acids is 1. The van der Waals surface area contributed by atoms with Gasteiger partial charge in [0.25, 0.3) is 0 Å². The summed E-state index contributed by atoms with van der Waals surface area (Å²) in [6.07, 6.45) is 5.57. The molecule has 0 bridgehead atoms. The summed E-state index contributed by atoms with van der Waals surface area (Å²) >= 11 is 0. The van der Waals surface area contributed by atoms with Gasteiger partial charge in [0, 0.05) is 10.3 Å². The fourth-order valence-electron chi connectivity index (χ4n) is 4.37. The van der Waals surface area contributed by atoms with Crippen LogP contribution in [0, 0.1) is 33.3 Å². The van der Waals surface area contributed by atoms with Crippen LogP contribution in [0.4, 0.5) is 0 Å². The Balaban J connectivity index is 2.17. The highest BCUT2D eigenvalue weighted by atomic mass is 16.6. The minimum absolute atomic E-state index is 0.0815. The lowest BCUT2D eigenvalue weighted by atomic mass is 9.69. The molecule has 1 N–H and O–H groups in total. The molecule has 0 heterocycles. The van der Waals surface area contributed by atoms with Crippen LogP contribution in [0.25, 0.3) is 0 Å². The van der Waals surface area contributed by atoms with E-state index in [1.165, 1.54) is 12.8 Å². The van der Waals surface area contributed by atoms with E-state index in [0.717, 1.165) is 19.3 Å². The van der Waals surface area contributed by atoms with Crippen LogP contribution in [0.2, 0.25) is 0 Å². The second-order valence-corrected chi connectivity index (χ2v) is 6.25. The molecule has 4 atom stereocenters. The number of carbonyl (C=O) groups is 1. The third-order valence-electron chi connectivity index (χ3n) is 5.02. The van der Waals surface area contributed by atoms with Gasteiger partial charge in [0.15, 0.2) is 0 Å². The summed E-state index contributed by atoms with van der Waals surface area (Å²) in [6.45, 7) is 1.59. The van der Waals surface area contributed by atoms with Gasteiger partial charge in [-0.05, 0) is 37.0 Å². The van der Waals surface area contributed by atoms with Gasteiger partial charge in [-0.15, -0.1) is 0 Å². The second-order valence-electron chi connectivity index (χ2n) is 6.25. The Labute approximate surface area is 107 Å². The van der Waals surface area contributed by atoms with Crippen molar-refractivity contribution in [1.29, 1.82) is 0 Å². The van der Waals surface area contributed by atoms with Gasteiger partial charge in [0.2, 0.25) is 6.54 Å². The molecule has 0 aromatic carbocycles. The highest BCUT2D eigenvalue weighted by Gasteiger charge is 2.50. The first kappa shape index (κ1) is 13.3. The molecule has 2 aliphatic carbocycles. The molecule has 0 aromatic rings. The number of hydrogen-bond donors (Lipinski definition) is 1. The van der Waals surface area contributed by atoms with Crippen molar-refractivity contribution in [2.45, 2.75) is 45.4 Å². The van der Waals surface area contributed by atoms with Crippen LogP contribution in [0.3, 0.4) is 0 Å². The highest BCUT2D eigenvalue weighted by molar-refractivity contribution is 5.67. The molecule has 2 aliphatic rings. The normalized spacial score (nSPS) is 33.9. The van der Waals surface area contributed by atoms with Crippen molar-refractivity contribution < 1.29 is 14.8 Å². The molecule has 0 aliphatic heterocycles. The van der Waals surface area contributed by atoms with E-state index in [4.69, 9.17) is 5.11 Å². The van der Waals surface area contributed by atoms with Crippen molar-refractivity contribution >= 4 is 5.97 Å². The average Bonchev–Trinajstić information content (AvgIpc) is 2.72. The number of carboxylic acid groups (broad SMARTS) is 1. The predicted molar refractivity (Wildman–Crippen MR) is 65.8 cm³/mol. The fraction of sp³-hybridized carbons (Fsp3) is 0.923. The Bertz CT molecular complexity index is 339. The Morgan fingerprint density at radius 1 is 1.39 bits per heavy atom. The monoisotopic (exact) mass is 255 g/mol. The molecule has 0 radical (unpaired) electrons. The van der Waals surface area contributed by atoms with Gasteiger partial charge >= 0.3 is 5.97 Å². The quantitative estimate of drug-likeness (QED) is 0.604. The number of fused-ring (bicyclic) bond motifs is 1. The molecule has 0 saturated heterocycles. The van der Waals surface area contributed by atoms with Crippen LogP contribution in [0.15, 0.2) is 0 Å². The molecule has 2 fully saturated rings. The predicted octanol–water partition coefficient (Wildman–Crippen LogP) is 2.57. The molecular formula is C13H21NO4. The zero-order valence-corrected chi connectivity index (χ0v) is 10.8. The number of carboxylic acids is 1. The molecule has 102 valence electrons. The molecular weight excluding hydrogens is 234 g/mol. The molecule has 5 heteroatoms. The highest BCUT2D eigenvalue weighted by Crippen LogP contribution is 2.54. The van der Waals surface area contributed by atoms with Gasteiger partial charge < -0.3 is 5.11 Å². The Morgan fingerprint density at radius 2 is 2.11 bits per heavy atom. The summed E-state index contributed by atoms with van der Waals surface area (Å²) in [5, 5.41) is 19.9. The first-order chi connectivity index (χ1) is 8.42. The summed E-state index contributed by atoms with van der Waals surface area (Å²) < 4.78 is 0. The van der Waals surface area contributed by atoms with E-state index in [1.54, 1.807) is 6.92 Å². The topological polar surface area (TPSA) is 80.4 Å². The van der Waals surface area contributed by atoms with E-state index in [1.807, 2.05) is 0 Å². The lowest BCUT2D eigenvalue weighted by molar-refractivity contribution is -0.499.